The van der Waals surface area contributed by atoms with E-state index in [1.54, 1.807) is 0 Å². The van der Waals surface area contributed by atoms with E-state index in [9.17, 15) is 5.11 Å². The third-order valence-electron chi connectivity index (χ3n) is 5.10. The molecule has 0 aromatic rings. The van der Waals surface area contributed by atoms with Crippen molar-refractivity contribution in [2.24, 2.45) is 11.8 Å². The zero-order chi connectivity index (χ0) is 13.7. The summed E-state index contributed by atoms with van der Waals surface area (Å²) in [5, 5.41) is 14.1. The highest BCUT2D eigenvalue weighted by Crippen LogP contribution is 2.29. The molecule has 0 bridgehead atoms. The van der Waals surface area contributed by atoms with Gasteiger partial charge in [0.05, 0.1) is 5.60 Å². The van der Waals surface area contributed by atoms with Gasteiger partial charge in [-0.1, -0.05) is 26.7 Å². The zero-order valence-corrected chi connectivity index (χ0v) is 12.7. The lowest BCUT2D eigenvalue weighted by atomic mass is 9.89. The topological polar surface area (TPSA) is 41.5 Å². The molecule has 3 heteroatoms. The standard InChI is InChI=1S/C16H31NO2/c1-13(2)14-4-3-5-15(7-6-14)17-12-16(18)8-10-19-11-9-16/h13-15,17-18H,3-12H2,1-2H3. The number of nitrogens with one attached hydrogen (secondary N) is 1. The average Bonchev–Trinajstić information content (AvgIpc) is 2.63. The third-order valence-corrected chi connectivity index (χ3v) is 5.10. The molecule has 1 saturated heterocycles. The second-order valence-electron chi connectivity index (χ2n) is 6.93. The van der Waals surface area contributed by atoms with E-state index in [4.69, 9.17) is 4.74 Å². The SMILES string of the molecule is CC(C)C1CCCC(NCC2(O)CCOCC2)CC1. The Morgan fingerprint density at radius 3 is 2.58 bits per heavy atom. The summed E-state index contributed by atoms with van der Waals surface area (Å²) in [6.45, 7) is 6.86. The Hall–Kier alpha value is -0.120. The lowest BCUT2D eigenvalue weighted by molar-refractivity contribution is -0.0629. The molecule has 1 heterocycles. The second kappa shape index (κ2) is 7.05. The van der Waals surface area contributed by atoms with Crippen LogP contribution in [0, 0.1) is 11.8 Å². The normalized spacial score (nSPS) is 32.2. The number of aliphatic hydroxyl groups is 1. The lowest BCUT2D eigenvalue weighted by Gasteiger charge is -2.33. The van der Waals surface area contributed by atoms with E-state index >= 15 is 0 Å². The fourth-order valence-corrected chi connectivity index (χ4v) is 3.46. The van der Waals surface area contributed by atoms with Crippen LogP contribution in [0.4, 0.5) is 0 Å². The predicted octanol–water partition coefficient (Wildman–Crippen LogP) is 2.72. The molecule has 0 amide bonds. The van der Waals surface area contributed by atoms with E-state index in [-0.39, 0.29) is 0 Å². The molecule has 112 valence electrons. The fourth-order valence-electron chi connectivity index (χ4n) is 3.46. The molecule has 0 radical (unpaired) electrons. The number of hydrogen-bond acceptors (Lipinski definition) is 3. The molecule has 3 nitrogen and oxygen atoms in total. The highest BCUT2D eigenvalue weighted by atomic mass is 16.5. The van der Waals surface area contributed by atoms with E-state index in [2.05, 4.69) is 19.2 Å². The molecule has 1 aliphatic heterocycles. The van der Waals surface area contributed by atoms with Crippen molar-refractivity contribution < 1.29 is 9.84 Å². The summed E-state index contributed by atoms with van der Waals surface area (Å²) in [7, 11) is 0. The average molecular weight is 269 g/mol. The van der Waals surface area contributed by atoms with E-state index in [1.807, 2.05) is 0 Å². The summed E-state index contributed by atoms with van der Waals surface area (Å²) in [5.41, 5.74) is -0.526. The first-order chi connectivity index (χ1) is 9.09. The minimum absolute atomic E-state index is 0.526. The first-order valence-corrected chi connectivity index (χ1v) is 8.12. The molecule has 2 rings (SSSR count). The van der Waals surface area contributed by atoms with Crippen molar-refractivity contribution in [2.45, 2.75) is 70.4 Å². The van der Waals surface area contributed by atoms with Crippen LogP contribution in [-0.2, 0) is 4.74 Å². The van der Waals surface area contributed by atoms with Gasteiger partial charge in [-0.15, -0.1) is 0 Å². The van der Waals surface area contributed by atoms with Gasteiger partial charge in [-0.05, 0) is 31.1 Å². The van der Waals surface area contributed by atoms with Crippen LogP contribution >= 0.6 is 0 Å². The van der Waals surface area contributed by atoms with Crippen molar-refractivity contribution in [3.8, 4) is 0 Å². The Kier molecular flexibility index (Phi) is 5.67. The maximum absolute atomic E-state index is 10.5. The van der Waals surface area contributed by atoms with E-state index in [0.29, 0.717) is 19.3 Å². The number of ether oxygens (including phenoxy) is 1. The van der Waals surface area contributed by atoms with Gasteiger partial charge in [0.1, 0.15) is 0 Å². The molecule has 0 aromatic heterocycles. The first-order valence-electron chi connectivity index (χ1n) is 8.12. The van der Waals surface area contributed by atoms with E-state index in [1.165, 1.54) is 32.1 Å². The minimum Gasteiger partial charge on any atom is -0.388 e. The number of rotatable bonds is 4. The van der Waals surface area contributed by atoms with Gasteiger partial charge in [-0.25, -0.2) is 0 Å². The maximum Gasteiger partial charge on any atom is 0.0815 e. The number of hydrogen-bond donors (Lipinski definition) is 2. The molecule has 0 spiro atoms. The van der Waals surface area contributed by atoms with Crippen LogP contribution in [0.5, 0.6) is 0 Å². The van der Waals surface area contributed by atoms with Crippen molar-refractivity contribution >= 4 is 0 Å². The summed E-state index contributed by atoms with van der Waals surface area (Å²) < 4.78 is 5.33. The summed E-state index contributed by atoms with van der Waals surface area (Å²) in [4.78, 5) is 0. The summed E-state index contributed by atoms with van der Waals surface area (Å²) in [6, 6.07) is 0.607. The molecule has 1 aliphatic carbocycles. The van der Waals surface area contributed by atoms with Crippen LogP contribution in [-0.4, -0.2) is 36.5 Å². The highest BCUT2D eigenvalue weighted by molar-refractivity contribution is 4.86. The minimum atomic E-state index is -0.526. The lowest BCUT2D eigenvalue weighted by Crippen LogP contribution is -2.47. The molecule has 2 fully saturated rings. The van der Waals surface area contributed by atoms with Crippen molar-refractivity contribution in [2.75, 3.05) is 19.8 Å². The quantitative estimate of drug-likeness (QED) is 0.771. The third kappa shape index (κ3) is 4.73. The molecule has 2 atom stereocenters. The Balaban J connectivity index is 1.73. The molecule has 2 N–H and O–H groups in total. The van der Waals surface area contributed by atoms with Gasteiger partial charge in [0.2, 0.25) is 0 Å². The molecule has 19 heavy (non-hydrogen) atoms. The molecule has 2 aliphatic rings. The molecule has 1 saturated carbocycles. The van der Waals surface area contributed by atoms with Gasteiger partial charge in [-0.2, -0.15) is 0 Å². The monoisotopic (exact) mass is 269 g/mol. The second-order valence-corrected chi connectivity index (χ2v) is 6.93. The van der Waals surface area contributed by atoms with Crippen LogP contribution in [0.15, 0.2) is 0 Å². The summed E-state index contributed by atoms with van der Waals surface area (Å²) in [5.74, 6) is 1.72. The van der Waals surface area contributed by atoms with Crippen LogP contribution in [0.1, 0.15) is 58.8 Å². The van der Waals surface area contributed by atoms with Crippen LogP contribution in [0.2, 0.25) is 0 Å². The Labute approximate surface area is 118 Å². The Morgan fingerprint density at radius 2 is 1.89 bits per heavy atom. The molecular formula is C16H31NO2. The zero-order valence-electron chi connectivity index (χ0n) is 12.7. The molecule has 0 aromatic carbocycles. The largest absolute Gasteiger partial charge is 0.388 e. The summed E-state index contributed by atoms with van der Waals surface area (Å²) >= 11 is 0. The van der Waals surface area contributed by atoms with Crippen LogP contribution in [0.3, 0.4) is 0 Å². The van der Waals surface area contributed by atoms with Gasteiger partial charge in [0.15, 0.2) is 0 Å². The van der Waals surface area contributed by atoms with Crippen molar-refractivity contribution in [3.05, 3.63) is 0 Å². The van der Waals surface area contributed by atoms with Gasteiger partial charge in [-0.3, -0.25) is 0 Å². The van der Waals surface area contributed by atoms with Gasteiger partial charge in [0, 0.05) is 38.6 Å². The first kappa shape index (κ1) is 15.3. The summed E-state index contributed by atoms with van der Waals surface area (Å²) in [6.07, 6.45) is 8.17. The van der Waals surface area contributed by atoms with Crippen molar-refractivity contribution in [1.29, 1.82) is 0 Å². The highest BCUT2D eigenvalue weighted by Gasteiger charge is 2.30. The van der Waals surface area contributed by atoms with Gasteiger partial charge < -0.3 is 15.2 Å². The Morgan fingerprint density at radius 1 is 1.16 bits per heavy atom. The predicted molar refractivity (Wildman–Crippen MR) is 78.2 cm³/mol. The van der Waals surface area contributed by atoms with E-state index in [0.717, 1.165) is 31.2 Å². The Bertz CT molecular complexity index is 261. The van der Waals surface area contributed by atoms with Gasteiger partial charge >= 0.3 is 0 Å². The van der Waals surface area contributed by atoms with Crippen molar-refractivity contribution in [1.82, 2.24) is 5.32 Å². The molecular weight excluding hydrogens is 238 g/mol. The van der Waals surface area contributed by atoms with E-state index < -0.39 is 5.60 Å². The maximum atomic E-state index is 10.5. The van der Waals surface area contributed by atoms with Gasteiger partial charge in [0.25, 0.3) is 0 Å². The fraction of sp³-hybridized carbons (Fsp3) is 1.00. The van der Waals surface area contributed by atoms with Crippen LogP contribution < -0.4 is 5.32 Å². The smallest absolute Gasteiger partial charge is 0.0815 e. The molecule has 2 unspecified atom stereocenters. The van der Waals surface area contributed by atoms with Crippen molar-refractivity contribution in [3.63, 3.8) is 0 Å². The van der Waals surface area contributed by atoms with Crippen LogP contribution in [0.25, 0.3) is 0 Å².